The van der Waals surface area contributed by atoms with Gasteiger partial charge in [0.05, 0.1) is 17.2 Å². The molecule has 5 nitrogen and oxygen atoms in total. The highest BCUT2D eigenvalue weighted by atomic mass is 19.4. The zero-order chi connectivity index (χ0) is 24.3. The van der Waals surface area contributed by atoms with E-state index in [2.05, 4.69) is 0 Å². The Hall–Kier alpha value is -3.10. The number of esters is 1. The molecule has 0 N–H and O–H groups in total. The van der Waals surface area contributed by atoms with Crippen LogP contribution < -0.4 is 9.64 Å². The van der Waals surface area contributed by atoms with Crippen molar-refractivity contribution >= 4 is 17.6 Å². The summed E-state index contributed by atoms with van der Waals surface area (Å²) in [5, 5.41) is 0. The number of anilines is 1. The van der Waals surface area contributed by atoms with Crippen LogP contribution in [0.1, 0.15) is 50.5 Å². The predicted molar refractivity (Wildman–Crippen MR) is 111 cm³/mol. The quantitative estimate of drug-likeness (QED) is 0.419. The van der Waals surface area contributed by atoms with Crippen LogP contribution >= 0.6 is 0 Å². The number of amides is 1. The van der Waals surface area contributed by atoms with E-state index in [1.807, 2.05) is 0 Å². The highest BCUT2D eigenvalue weighted by molar-refractivity contribution is 6.09. The number of hydrogen-bond acceptors (Lipinski definition) is 4. The first-order valence-electron chi connectivity index (χ1n) is 9.85. The highest BCUT2D eigenvalue weighted by Crippen LogP contribution is 2.34. The molecule has 174 valence electrons. The second-order valence-corrected chi connectivity index (χ2v) is 8.30. The topological polar surface area (TPSA) is 55.8 Å². The SMILES string of the molecule is CC(C)Oc1cccc(N(CC(=O)OC(C)(C)C)C(=O)c2c(F)cccc2C(F)(F)F)c1. The molecule has 0 aliphatic heterocycles. The number of ether oxygens (including phenoxy) is 2. The van der Waals surface area contributed by atoms with Gasteiger partial charge in [-0.1, -0.05) is 12.1 Å². The summed E-state index contributed by atoms with van der Waals surface area (Å²) in [5.74, 6) is -3.23. The molecule has 2 aromatic rings. The van der Waals surface area contributed by atoms with E-state index in [9.17, 15) is 27.2 Å². The molecule has 9 heteroatoms. The van der Waals surface area contributed by atoms with Crippen molar-refractivity contribution in [3.8, 4) is 5.75 Å². The van der Waals surface area contributed by atoms with Crippen LogP contribution in [0.15, 0.2) is 42.5 Å². The van der Waals surface area contributed by atoms with Gasteiger partial charge >= 0.3 is 12.1 Å². The first-order valence-corrected chi connectivity index (χ1v) is 9.85. The third-order valence-electron chi connectivity index (χ3n) is 3.99. The van der Waals surface area contributed by atoms with E-state index < -0.39 is 47.1 Å². The molecule has 0 radical (unpaired) electrons. The molecule has 0 saturated heterocycles. The summed E-state index contributed by atoms with van der Waals surface area (Å²) >= 11 is 0. The maximum Gasteiger partial charge on any atom is 0.417 e. The van der Waals surface area contributed by atoms with Crippen LogP contribution in [-0.2, 0) is 15.7 Å². The molecule has 0 saturated carbocycles. The van der Waals surface area contributed by atoms with Gasteiger partial charge in [0.1, 0.15) is 23.7 Å². The van der Waals surface area contributed by atoms with Crippen molar-refractivity contribution in [1.29, 1.82) is 0 Å². The van der Waals surface area contributed by atoms with Crippen molar-refractivity contribution in [3.63, 3.8) is 0 Å². The van der Waals surface area contributed by atoms with E-state index in [0.29, 0.717) is 11.8 Å². The van der Waals surface area contributed by atoms with E-state index in [1.54, 1.807) is 40.7 Å². The Morgan fingerprint density at radius 3 is 2.22 bits per heavy atom. The minimum atomic E-state index is -4.98. The average Bonchev–Trinajstić information content (AvgIpc) is 2.63. The third kappa shape index (κ3) is 6.70. The van der Waals surface area contributed by atoms with Crippen LogP contribution in [-0.4, -0.2) is 30.1 Å². The zero-order valence-corrected chi connectivity index (χ0v) is 18.4. The molecule has 0 aliphatic carbocycles. The van der Waals surface area contributed by atoms with Gasteiger partial charge < -0.3 is 9.47 Å². The van der Waals surface area contributed by atoms with Gasteiger partial charge in [-0.3, -0.25) is 14.5 Å². The van der Waals surface area contributed by atoms with Gasteiger partial charge in [-0.15, -0.1) is 0 Å². The van der Waals surface area contributed by atoms with Gasteiger partial charge in [0.15, 0.2) is 0 Å². The Morgan fingerprint density at radius 2 is 1.66 bits per heavy atom. The summed E-state index contributed by atoms with van der Waals surface area (Å²) in [6.07, 6.45) is -5.20. The molecule has 0 atom stereocenters. The van der Waals surface area contributed by atoms with Crippen LogP contribution in [0.5, 0.6) is 5.75 Å². The molecule has 0 fully saturated rings. The number of hydrogen-bond donors (Lipinski definition) is 0. The summed E-state index contributed by atoms with van der Waals surface area (Å²) in [7, 11) is 0. The summed E-state index contributed by atoms with van der Waals surface area (Å²) in [6, 6.07) is 8.12. The van der Waals surface area contributed by atoms with E-state index in [0.717, 1.165) is 17.0 Å². The van der Waals surface area contributed by atoms with E-state index in [4.69, 9.17) is 9.47 Å². The van der Waals surface area contributed by atoms with Crippen LogP contribution in [0.2, 0.25) is 0 Å². The van der Waals surface area contributed by atoms with E-state index >= 15 is 0 Å². The smallest absolute Gasteiger partial charge is 0.417 e. The summed E-state index contributed by atoms with van der Waals surface area (Å²) < 4.78 is 65.8. The Kier molecular flexibility index (Phi) is 7.54. The molecule has 0 spiro atoms. The average molecular weight is 455 g/mol. The van der Waals surface area contributed by atoms with Gasteiger partial charge in [0, 0.05) is 11.8 Å². The van der Waals surface area contributed by atoms with Crippen molar-refractivity contribution in [2.45, 2.75) is 52.5 Å². The largest absolute Gasteiger partial charge is 0.491 e. The molecule has 2 rings (SSSR count). The molecule has 0 heterocycles. The fourth-order valence-electron chi connectivity index (χ4n) is 2.89. The monoisotopic (exact) mass is 455 g/mol. The van der Waals surface area contributed by atoms with E-state index in [-0.39, 0.29) is 11.8 Å². The number of alkyl halides is 3. The third-order valence-corrected chi connectivity index (χ3v) is 3.99. The van der Waals surface area contributed by atoms with Crippen LogP contribution in [0, 0.1) is 5.82 Å². The molecule has 2 aromatic carbocycles. The number of halogens is 4. The van der Waals surface area contributed by atoms with Gasteiger partial charge in [0.2, 0.25) is 0 Å². The maximum absolute atomic E-state index is 14.5. The van der Waals surface area contributed by atoms with Crippen LogP contribution in [0.25, 0.3) is 0 Å². The summed E-state index contributed by atoms with van der Waals surface area (Å²) in [4.78, 5) is 26.4. The minimum Gasteiger partial charge on any atom is -0.491 e. The number of rotatable bonds is 6. The molecule has 0 aliphatic rings. The fourth-order valence-corrected chi connectivity index (χ4v) is 2.89. The number of nitrogens with zero attached hydrogens (tertiary/aromatic N) is 1. The summed E-state index contributed by atoms with van der Waals surface area (Å²) in [6.45, 7) is 7.62. The van der Waals surface area contributed by atoms with Crippen molar-refractivity contribution in [2.24, 2.45) is 0 Å². The maximum atomic E-state index is 14.5. The van der Waals surface area contributed by atoms with Crippen LogP contribution in [0.4, 0.5) is 23.2 Å². The first-order chi connectivity index (χ1) is 14.7. The Labute approximate surface area is 183 Å². The number of carbonyl (C=O) groups is 2. The molecule has 0 bridgehead atoms. The Morgan fingerprint density at radius 1 is 1.03 bits per heavy atom. The van der Waals surface area contributed by atoms with E-state index in [1.165, 1.54) is 18.2 Å². The van der Waals surface area contributed by atoms with Gasteiger partial charge in [-0.05, 0) is 58.9 Å². The molecule has 0 unspecified atom stereocenters. The zero-order valence-electron chi connectivity index (χ0n) is 18.4. The van der Waals surface area contributed by atoms with Crippen LogP contribution in [0.3, 0.4) is 0 Å². The lowest BCUT2D eigenvalue weighted by Gasteiger charge is -2.27. The fraction of sp³-hybridized carbons (Fsp3) is 0.391. The van der Waals surface area contributed by atoms with Crippen molar-refractivity contribution in [2.75, 3.05) is 11.4 Å². The van der Waals surface area contributed by atoms with Crippen molar-refractivity contribution < 1.29 is 36.6 Å². The lowest BCUT2D eigenvalue weighted by molar-refractivity contribution is -0.152. The second kappa shape index (κ2) is 9.58. The molecular formula is C23H25F4NO4. The molecule has 32 heavy (non-hydrogen) atoms. The highest BCUT2D eigenvalue weighted by Gasteiger charge is 2.39. The van der Waals surface area contributed by atoms with Crippen molar-refractivity contribution in [1.82, 2.24) is 0 Å². The lowest BCUT2D eigenvalue weighted by atomic mass is 10.0. The molecule has 1 amide bonds. The predicted octanol–water partition coefficient (Wildman–Crippen LogP) is 5.62. The van der Waals surface area contributed by atoms with Crippen molar-refractivity contribution in [3.05, 3.63) is 59.4 Å². The van der Waals surface area contributed by atoms with Gasteiger partial charge in [-0.25, -0.2) is 4.39 Å². The second-order valence-electron chi connectivity index (χ2n) is 8.30. The summed E-state index contributed by atoms with van der Waals surface area (Å²) in [5.41, 5.74) is -3.47. The number of carbonyl (C=O) groups excluding carboxylic acids is 2. The standard InChI is InChI=1S/C23H25F4NO4/c1-14(2)31-16-9-6-8-15(12-16)28(13-19(29)32-22(3,4)5)21(30)20-17(23(25,26)27)10-7-11-18(20)24/h6-12,14H,13H2,1-5H3. The lowest BCUT2D eigenvalue weighted by Crippen LogP contribution is -2.40. The van der Waals surface area contributed by atoms with Gasteiger partial charge in [-0.2, -0.15) is 13.2 Å². The van der Waals surface area contributed by atoms with Gasteiger partial charge in [0.25, 0.3) is 5.91 Å². The normalized spacial score (nSPS) is 11.9. The molecular weight excluding hydrogens is 430 g/mol. The first kappa shape index (κ1) is 25.2. The minimum absolute atomic E-state index is 0.0513. The Bertz CT molecular complexity index is 981. The Balaban J connectivity index is 2.58. The number of benzene rings is 2. The molecule has 0 aromatic heterocycles.